The number of halogens is 3. The minimum atomic E-state index is -0.778. The molecule has 4 rings (SSSR count). The van der Waals surface area contributed by atoms with Crippen molar-refractivity contribution in [2.24, 2.45) is 0 Å². The second-order valence-corrected chi connectivity index (χ2v) is 7.90. The van der Waals surface area contributed by atoms with Crippen LogP contribution in [0.5, 0.6) is 5.75 Å². The molecule has 0 saturated heterocycles. The maximum Gasteiger partial charge on any atom is 0.264 e. The molecule has 1 amide bonds. The molecule has 0 atom stereocenters. The minimum absolute atomic E-state index is 0.0142. The van der Waals surface area contributed by atoms with Gasteiger partial charge in [-0.2, -0.15) is 0 Å². The number of aromatic nitrogens is 1. The highest BCUT2D eigenvalue weighted by atomic mass is 35.5. The predicted molar refractivity (Wildman–Crippen MR) is 114 cm³/mol. The summed E-state index contributed by atoms with van der Waals surface area (Å²) in [6.07, 6.45) is 0. The fourth-order valence-electron chi connectivity index (χ4n) is 3.05. The highest BCUT2D eigenvalue weighted by Crippen LogP contribution is 2.34. The number of methoxy groups -OCH3 is 1. The Morgan fingerprint density at radius 3 is 2.63 bits per heavy atom. The van der Waals surface area contributed by atoms with Gasteiger partial charge in [-0.1, -0.05) is 53.3 Å². The summed E-state index contributed by atoms with van der Waals surface area (Å²) in [5.74, 6) is -1.55. The number of ether oxygens (including phenoxy) is 1. The number of thiazole rings is 1. The molecule has 152 valence electrons. The number of nitrogens with zero attached hydrogens (tertiary/aromatic N) is 2. The van der Waals surface area contributed by atoms with Gasteiger partial charge >= 0.3 is 0 Å². The molecule has 0 N–H and O–H groups in total. The Balaban J connectivity index is 1.84. The van der Waals surface area contributed by atoms with Crippen LogP contribution >= 0.6 is 22.9 Å². The Labute approximate surface area is 180 Å². The van der Waals surface area contributed by atoms with E-state index in [1.807, 2.05) is 30.3 Å². The summed E-state index contributed by atoms with van der Waals surface area (Å²) in [7, 11) is 1.46. The molecule has 8 heteroatoms. The maximum atomic E-state index is 14.2. The monoisotopic (exact) mass is 444 g/mol. The molecular formula is C22H15ClF2N2O2S. The van der Waals surface area contributed by atoms with Crippen molar-refractivity contribution in [3.8, 4) is 5.75 Å². The molecule has 0 aliphatic heterocycles. The third kappa shape index (κ3) is 3.99. The molecule has 0 radical (unpaired) electrons. The van der Waals surface area contributed by atoms with Gasteiger partial charge in [-0.05, 0) is 29.8 Å². The molecule has 0 bridgehead atoms. The van der Waals surface area contributed by atoms with Gasteiger partial charge < -0.3 is 4.74 Å². The van der Waals surface area contributed by atoms with Gasteiger partial charge in [0, 0.05) is 11.1 Å². The summed E-state index contributed by atoms with van der Waals surface area (Å²) in [4.78, 5) is 19.2. The Kier molecular flexibility index (Phi) is 5.65. The van der Waals surface area contributed by atoms with Gasteiger partial charge in [-0.3, -0.25) is 9.69 Å². The lowest BCUT2D eigenvalue weighted by Crippen LogP contribution is -2.30. The van der Waals surface area contributed by atoms with Gasteiger partial charge in [-0.25, -0.2) is 13.8 Å². The van der Waals surface area contributed by atoms with Crippen LogP contribution in [0.25, 0.3) is 10.2 Å². The first kappa shape index (κ1) is 20.3. The lowest BCUT2D eigenvalue weighted by atomic mass is 10.1. The summed E-state index contributed by atoms with van der Waals surface area (Å²) in [5.41, 5.74) is 1.10. The lowest BCUT2D eigenvalue weighted by Gasteiger charge is -2.21. The molecule has 0 unspecified atom stereocenters. The number of amides is 1. The van der Waals surface area contributed by atoms with Crippen molar-refractivity contribution in [3.63, 3.8) is 0 Å². The Hall–Kier alpha value is -3.03. The molecule has 30 heavy (non-hydrogen) atoms. The molecule has 1 heterocycles. The highest BCUT2D eigenvalue weighted by Gasteiger charge is 2.25. The average molecular weight is 445 g/mol. The number of benzene rings is 3. The Bertz CT molecular complexity index is 1230. The van der Waals surface area contributed by atoms with E-state index in [1.165, 1.54) is 24.1 Å². The molecule has 4 nitrogen and oxygen atoms in total. The number of anilines is 1. The number of carbonyl (C=O) groups excluding carboxylic acids is 1. The van der Waals surface area contributed by atoms with Crippen LogP contribution in [0, 0.1) is 11.6 Å². The van der Waals surface area contributed by atoms with Crippen LogP contribution in [0.3, 0.4) is 0 Å². The predicted octanol–water partition coefficient (Wildman–Crippen LogP) is 6.08. The molecule has 0 spiro atoms. The molecule has 0 aliphatic rings. The van der Waals surface area contributed by atoms with E-state index >= 15 is 0 Å². The zero-order chi connectivity index (χ0) is 21.3. The third-order valence-corrected chi connectivity index (χ3v) is 5.71. The van der Waals surface area contributed by atoms with Gasteiger partial charge in [0.15, 0.2) is 10.9 Å². The second-order valence-electron chi connectivity index (χ2n) is 6.45. The molecule has 4 aromatic rings. The lowest BCUT2D eigenvalue weighted by molar-refractivity contribution is 0.0982. The SMILES string of the molecule is COc1ccc(Cl)cc1C(=O)N(Cc1ccccc1)c1nc2c(F)cc(F)cc2s1. The van der Waals surface area contributed by atoms with E-state index in [4.69, 9.17) is 16.3 Å². The van der Waals surface area contributed by atoms with Gasteiger partial charge in [-0.15, -0.1) is 0 Å². The van der Waals surface area contributed by atoms with E-state index in [1.54, 1.807) is 12.1 Å². The van der Waals surface area contributed by atoms with Gasteiger partial charge in [0.25, 0.3) is 5.91 Å². The molecule has 1 aromatic heterocycles. The third-order valence-electron chi connectivity index (χ3n) is 4.45. The largest absolute Gasteiger partial charge is 0.496 e. The average Bonchev–Trinajstić information content (AvgIpc) is 3.16. The summed E-state index contributed by atoms with van der Waals surface area (Å²) in [6.45, 7) is 0.180. The Morgan fingerprint density at radius 2 is 1.90 bits per heavy atom. The van der Waals surface area contributed by atoms with E-state index in [9.17, 15) is 13.6 Å². The molecule has 0 saturated carbocycles. The van der Waals surface area contributed by atoms with E-state index in [2.05, 4.69) is 4.98 Å². The zero-order valence-corrected chi connectivity index (χ0v) is 17.3. The Morgan fingerprint density at radius 1 is 1.13 bits per heavy atom. The van der Waals surface area contributed by atoms with Crippen molar-refractivity contribution in [2.45, 2.75) is 6.54 Å². The number of rotatable bonds is 5. The zero-order valence-electron chi connectivity index (χ0n) is 15.7. The molecule has 3 aromatic carbocycles. The smallest absolute Gasteiger partial charge is 0.264 e. The first-order chi connectivity index (χ1) is 14.5. The topological polar surface area (TPSA) is 42.4 Å². The van der Waals surface area contributed by atoms with Gasteiger partial charge in [0.1, 0.15) is 17.1 Å². The van der Waals surface area contributed by atoms with Crippen LogP contribution in [0.2, 0.25) is 5.02 Å². The number of fused-ring (bicyclic) bond motifs is 1. The first-order valence-electron chi connectivity index (χ1n) is 8.91. The standard InChI is InChI=1S/C22H15ClF2N2O2S/c1-29-18-8-7-14(23)9-16(18)21(28)27(12-13-5-3-2-4-6-13)22-26-20-17(25)10-15(24)11-19(20)30-22/h2-11H,12H2,1H3. The van der Waals surface area contributed by atoms with Gasteiger partial charge in [0.05, 0.1) is 23.9 Å². The van der Waals surface area contributed by atoms with Crippen LogP contribution in [0.15, 0.2) is 60.7 Å². The molecular weight excluding hydrogens is 430 g/mol. The number of carbonyl (C=O) groups is 1. The second kappa shape index (κ2) is 8.38. The molecule has 0 aliphatic carbocycles. The summed E-state index contributed by atoms with van der Waals surface area (Å²) in [5, 5.41) is 0.613. The van der Waals surface area contributed by atoms with Crippen molar-refractivity contribution in [1.82, 2.24) is 4.98 Å². The first-order valence-corrected chi connectivity index (χ1v) is 10.1. The summed E-state index contributed by atoms with van der Waals surface area (Å²) < 4.78 is 33.5. The van der Waals surface area contributed by atoms with Crippen molar-refractivity contribution < 1.29 is 18.3 Å². The normalized spacial score (nSPS) is 10.9. The van der Waals surface area contributed by atoms with E-state index in [0.717, 1.165) is 23.0 Å². The quantitative estimate of drug-likeness (QED) is 0.374. The van der Waals surface area contributed by atoms with Crippen LogP contribution in [0.1, 0.15) is 15.9 Å². The maximum absolute atomic E-state index is 14.2. The molecule has 0 fully saturated rings. The van der Waals surface area contributed by atoms with Crippen molar-refractivity contribution in [3.05, 3.63) is 88.4 Å². The van der Waals surface area contributed by atoms with E-state index in [0.29, 0.717) is 15.5 Å². The number of hydrogen-bond acceptors (Lipinski definition) is 4. The van der Waals surface area contributed by atoms with Crippen LogP contribution in [0.4, 0.5) is 13.9 Å². The van der Waals surface area contributed by atoms with E-state index in [-0.39, 0.29) is 22.8 Å². The van der Waals surface area contributed by atoms with Crippen LogP contribution in [-0.2, 0) is 6.54 Å². The minimum Gasteiger partial charge on any atom is -0.496 e. The fourth-order valence-corrected chi connectivity index (χ4v) is 4.22. The number of hydrogen-bond donors (Lipinski definition) is 0. The van der Waals surface area contributed by atoms with Crippen molar-refractivity contribution in [1.29, 1.82) is 0 Å². The van der Waals surface area contributed by atoms with Crippen molar-refractivity contribution >= 4 is 44.2 Å². The van der Waals surface area contributed by atoms with Gasteiger partial charge in [0.2, 0.25) is 0 Å². The summed E-state index contributed by atoms with van der Waals surface area (Å²) in [6, 6.07) is 16.0. The van der Waals surface area contributed by atoms with Crippen LogP contribution in [-0.4, -0.2) is 18.0 Å². The van der Waals surface area contributed by atoms with E-state index < -0.39 is 17.5 Å². The summed E-state index contributed by atoms with van der Waals surface area (Å²) >= 11 is 7.13. The highest BCUT2D eigenvalue weighted by molar-refractivity contribution is 7.22. The fraction of sp³-hybridized carbons (Fsp3) is 0.0909. The van der Waals surface area contributed by atoms with Crippen LogP contribution < -0.4 is 9.64 Å². The van der Waals surface area contributed by atoms with Crippen molar-refractivity contribution in [2.75, 3.05) is 12.0 Å².